The summed E-state index contributed by atoms with van der Waals surface area (Å²) < 4.78 is 2.24. The number of benzene rings is 1. The van der Waals surface area contributed by atoms with Gasteiger partial charge in [-0.1, -0.05) is 29.8 Å². The number of carbonyl (C=O) groups excluding carboxylic acids is 2. The number of likely N-dealkylation sites (tertiary alicyclic amines) is 1. The Kier molecular flexibility index (Phi) is 5.52. The first kappa shape index (κ1) is 18.8. The van der Waals surface area contributed by atoms with Gasteiger partial charge in [0.25, 0.3) is 0 Å². The number of amides is 1. The molecule has 2 aliphatic heterocycles. The highest BCUT2D eigenvalue weighted by Crippen LogP contribution is 2.28. The maximum absolute atomic E-state index is 12.5. The first-order chi connectivity index (χ1) is 13.6. The number of rotatable bonds is 5. The van der Waals surface area contributed by atoms with E-state index in [1.807, 2.05) is 36.1 Å². The summed E-state index contributed by atoms with van der Waals surface area (Å²) in [7, 11) is 0. The Morgan fingerprint density at radius 3 is 2.57 bits per heavy atom. The summed E-state index contributed by atoms with van der Waals surface area (Å²) in [6.07, 6.45) is 2.36. The van der Waals surface area contributed by atoms with Crippen LogP contribution in [0.2, 0.25) is 0 Å². The number of hydrogen-bond acceptors (Lipinski definition) is 5. The summed E-state index contributed by atoms with van der Waals surface area (Å²) in [6, 6.07) is 7.53. The molecule has 0 spiro atoms. The second kappa shape index (κ2) is 8.22. The number of nitrogens with one attached hydrogen (secondary N) is 1. The van der Waals surface area contributed by atoms with E-state index in [1.54, 1.807) is 0 Å². The lowest BCUT2D eigenvalue weighted by Gasteiger charge is -2.32. The van der Waals surface area contributed by atoms with E-state index in [4.69, 9.17) is 0 Å². The van der Waals surface area contributed by atoms with Gasteiger partial charge in [-0.3, -0.25) is 9.59 Å². The number of piperidine rings is 1. The van der Waals surface area contributed by atoms with Gasteiger partial charge in [-0.15, -0.1) is 10.2 Å². The van der Waals surface area contributed by atoms with Gasteiger partial charge in [0.1, 0.15) is 11.6 Å². The minimum absolute atomic E-state index is 0.0342. The van der Waals surface area contributed by atoms with Crippen LogP contribution in [-0.4, -0.2) is 51.0 Å². The number of Topliss-reactive ketones (excluding diaryl/α,β-unsaturated/α-hetero) is 1. The normalized spacial score (nSPS) is 17.4. The molecule has 0 unspecified atom stereocenters. The Labute approximate surface area is 165 Å². The Balaban J connectivity index is 1.28. The standard InChI is InChI=1S/C21H27N5O2/c1-15-2-4-16(5-3-15)18(27)6-7-20(28)25-11-8-17(9-12-25)21-24-23-19-14-22-10-13-26(19)21/h2-5,17,22H,6-14H2,1H3. The largest absolute Gasteiger partial charge is 0.343 e. The number of aryl methyl sites for hydroxylation is 1. The van der Waals surface area contributed by atoms with E-state index in [9.17, 15) is 9.59 Å². The van der Waals surface area contributed by atoms with Crippen LogP contribution < -0.4 is 5.32 Å². The second-order valence-electron chi connectivity index (χ2n) is 7.75. The summed E-state index contributed by atoms with van der Waals surface area (Å²) in [5, 5.41) is 12.0. The van der Waals surface area contributed by atoms with Gasteiger partial charge in [0.05, 0.1) is 6.54 Å². The molecular formula is C21H27N5O2. The van der Waals surface area contributed by atoms with Crippen molar-refractivity contribution in [2.24, 2.45) is 0 Å². The third-order valence-electron chi connectivity index (χ3n) is 5.80. The molecule has 1 aromatic heterocycles. The molecule has 1 fully saturated rings. The Morgan fingerprint density at radius 2 is 1.82 bits per heavy atom. The lowest BCUT2D eigenvalue weighted by molar-refractivity contribution is -0.132. The number of ketones is 1. The molecule has 1 amide bonds. The lowest BCUT2D eigenvalue weighted by Crippen LogP contribution is -2.39. The van der Waals surface area contributed by atoms with Crippen molar-refractivity contribution >= 4 is 11.7 Å². The van der Waals surface area contributed by atoms with Crippen molar-refractivity contribution in [1.29, 1.82) is 0 Å². The minimum atomic E-state index is 0.0342. The summed E-state index contributed by atoms with van der Waals surface area (Å²) in [5.74, 6) is 2.54. The summed E-state index contributed by atoms with van der Waals surface area (Å²) in [5.41, 5.74) is 1.81. The van der Waals surface area contributed by atoms with Crippen LogP contribution in [0.3, 0.4) is 0 Å². The van der Waals surface area contributed by atoms with Crippen molar-refractivity contribution < 1.29 is 9.59 Å². The molecule has 1 saturated heterocycles. The number of carbonyl (C=O) groups is 2. The van der Waals surface area contributed by atoms with Crippen LogP contribution in [0.25, 0.3) is 0 Å². The number of aromatic nitrogens is 3. The lowest BCUT2D eigenvalue weighted by atomic mass is 9.95. The molecule has 7 heteroatoms. The van der Waals surface area contributed by atoms with Crippen LogP contribution in [-0.2, 0) is 17.9 Å². The van der Waals surface area contributed by atoms with E-state index in [1.165, 1.54) is 0 Å². The van der Waals surface area contributed by atoms with Crippen molar-refractivity contribution in [3.05, 3.63) is 47.0 Å². The van der Waals surface area contributed by atoms with Crippen LogP contribution in [0, 0.1) is 6.92 Å². The summed E-state index contributed by atoms with van der Waals surface area (Å²) in [4.78, 5) is 26.7. The quantitative estimate of drug-likeness (QED) is 0.802. The predicted molar refractivity (Wildman–Crippen MR) is 105 cm³/mol. The van der Waals surface area contributed by atoms with Gasteiger partial charge in [-0.25, -0.2) is 0 Å². The topological polar surface area (TPSA) is 80.1 Å². The molecule has 0 bridgehead atoms. The molecule has 2 aromatic rings. The van der Waals surface area contributed by atoms with Crippen molar-refractivity contribution in [1.82, 2.24) is 25.0 Å². The zero-order chi connectivity index (χ0) is 19.5. The fraction of sp³-hybridized carbons (Fsp3) is 0.524. The second-order valence-corrected chi connectivity index (χ2v) is 7.75. The van der Waals surface area contributed by atoms with E-state index in [-0.39, 0.29) is 24.5 Å². The highest BCUT2D eigenvalue weighted by Gasteiger charge is 2.28. The average molecular weight is 381 g/mol. The third kappa shape index (κ3) is 3.99. The first-order valence-corrected chi connectivity index (χ1v) is 10.1. The van der Waals surface area contributed by atoms with E-state index < -0.39 is 0 Å². The summed E-state index contributed by atoms with van der Waals surface area (Å²) >= 11 is 0. The summed E-state index contributed by atoms with van der Waals surface area (Å²) in [6.45, 7) is 6.08. The van der Waals surface area contributed by atoms with Gasteiger partial charge in [-0.2, -0.15) is 0 Å². The zero-order valence-electron chi connectivity index (χ0n) is 16.4. The number of nitrogens with zero attached hydrogens (tertiary/aromatic N) is 4. The predicted octanol–water partition coefficient (Wildman–Crippen LogP) is 2.06. The van der Waals surface area contributed by atoms with Crippen molar-refractivity contribution in [3.63, 3.8) is 0 Å². The molecule has 3 heterocycles. The maximum Gasteiger partial charge on any atom is 0.223 e. The van der Waals surface area contributed by atoms with Crippen LogP contribution in [0.5, 0.6) is 0 Å². The third-order valence-corrected chi connectivity index (χ3v) is 5.80. The van der Waals surface area contributed by atoms with E-state index in [0.29, 0.717) is 11.5 Å². The van der Waals surface area contributed by atoms with Gasteiger partial charge >= 0.3 is 0 Å². The minimum Gasteiger partial charge on any atom is -0.343 e. The highest BCUT2D eigenvalue weighted by molar-refractivity contribution is 5.97. The number of fused-ring (bicyclic) bond motifs is 1. The van der Waals surface area contributed by atoms with E-state index in [2.05, 4.69) is 20.1 Å². The molecule has 0 saturated carbocycles. The maximum atomic E-state index is 12.5. The molecular weight excluding hydrogens is 354 g/mol. The van der Waals surface area contributed by atoms with E-state index >= 15 is 0 Å². The van der Waals surface area contributed by atoms with Crippen LogP contribution in [0.4, 0.5) is 0 Å². The van der Waals surface area contributed by atoms with E-state index in [0.717, 1.165) is 62.8 Å². The fourth-order valence-electron chi connectivity index (χ4n) is 4.07. The smallest absolute Gasteiger partial charge is 0.223 e. The van der Waals surface area contributed by atoms with Crippen molar-refractivity contribution in [3.8, 4) is 0 Å². The molecule has 0 aliphatic carbocycles. The van der Waals surface area contributed by atoms with Crippen molar-refractivity contribution in [2.45, 2.75) is 51.6 Å². The molecule has 1 aromatic carbocycles. The zero-order valence-corrected chi connectivity index (χ0v) is 16.4. The molecule has 7 nitrogen and oxygen atoms in total. The van der Waals surface area contributed by atoms with Crippen LogP contribution in [0.1, 0.15) is 59.2 Å². The monoisotopic (exact) mass is 381 g/mol. The highest BCUT2D eigenvalue weighted by atomic mass is 16.2. The molecule has 1 N–H and O–H groups in total. The van der Waals surface area contributed by atoms with Crippen LogP contribution in [0.15, 0.2) is 24.3 Å². The molecule has 0 radical (unpaired) electrons. The van der Waals surface area contributed by atoms with Gasteiger partial charge in [0.15, 0.2) is 5.78 Å². The van der Waals surface area contributed by atoms with Gasteiger partial charge in [0.2, 0.25) is 5.91 Å². The molecule has 148 valence electrons. The van der Waals surface area contributed by atoms with Crippen LogP contribution >= 0.6 is 0 Å². The molecule has 28 heavy (non-hydrogen) atoms. The number of hydrogen-bond donors (Lipinski definition) is 1. The van der Waals surface area contributed by atoms with Gasteiger partial charge in [-0.05, 0) is 19.8 Å². The molecule has 4 rings (SSSR count). The Morgan fingerprint density at radius 1 is 1.07 bits per heavy atom. The van der Waals surface area contributed by atoms with Crippen molar-refractivity contribution in [2.75, 3.05) is 19.6 Å². The van der Waals surface area contributed by atoms with Gasteiger partial charge < -0.3 is 14.8 Å². The average Bonchev–Trinajstić information content (AvgIpc) is 3.16. The molecule has 0 atom stereocenters. The Hall–Kier alpha value is -2.54. The van der Waals surface area contributed by atoms with Gasteiger partial charge in [0, 0.05) is 50.5 Å². The SMILES string of the molecule is Cc1ccc(C(=O)CCC(=O)N2CCC(c3nnc4n3CCNC4)CC2)cc1. The fourth-order valence-corrected chi connectivity index (χ4v) is 4.07. The molecule has 2 aliphatic rings. The first-order valence-electron chi connectivity index (χ1n) is 10.1. The Bertz CT molecular complexity index is 850.